The van der Waals surface area contributed by atoms with E-state index < -0.39 is 0 Å². The molecule has 5 nitrogen and oxygen atoms in total. The fourth-order valence-electron chi connectivity index (χ4n) is 1.54. The zero-order chi connectivity index (χ0) is 13.8. The van der Waals surface area contributed by atoms with Gasteiger partial charge in [-0.15, -0.1) is 0 Å². The monoisotopic (exact) mass is 252 g/mol. The van der Waals surface area contributed by atoms with E-state index in [4.69, 9.17) is 11.0 Å². The van der Waals surface area contributed by atoms with Crippen LogP contribution in [0.2, 0.25) is 0 Å². The van der Waals surface area contributed by atoms with Gasteiger partial charge in [0, 0.05) is 11.9 Å². The lowest BCUT2D eigenvalue weighted by atomic mass is 10.1. The summed E-state index contributed by atoms with van der Waals surface area (Å²) in [5, 5.41) is 11.4. The van der Waals surface area contributed by atoms with Crippen LogP contribution in [0.5, 0.6) is 0 Å². The number of nitriles is 1. The van der Waals surface area contributed by atoms with Crippen LogP contribution >= 0.6 is 0 Å². The Morgan fingerprint density at radius 2 is 2.16 bits per heavy atom. The van der Waals surface area contributed by atoms with Gasteiger partial charge in [0.25, 0.3) is 5.91 Å². The molecule has 0 bridgehead atoms. The van der Waals surface area contributed by atoms with Crippen LogP contribution in [0.1, 0.15) is 21.6 Å². The molecule has 0 saturated heterocycles. The number of hydrogen-bond donors (Lipinski definition) is 2. The Hall–Kier alpha value is -2.87. The van der Waals surface area contributed by atoms with Gasteiger partial charge < -0.3 is 11.1 Å². The molecule has 0 unspecified atom stereocenters. The van der Waals surface area contributed by atoms with E-state index >= 15 is 0 Å². The number of hydrogen-bond acceptors (Lipinski definition) is 4. The first-order chi connectivity index (χ1) is 9.10. The molecular formula is C14H12N4O. The maximum atomic E-state index is 12.0. The van der Waals surface area contributed by atoms with E-state index in [0.717, 1.165) is 5.69 Å². The first-order valence-corrected chi connectivity index (χ1v) is 5.64. The van der Waals surface area contributed by atoms with Crippen molar-refractivity contribution < 1.29 is 4.79 Å². The summed E-state index contributed by atoms with van der Waals surface area (Å²) in [4.78, 5) is 16.0. The van der Waals surface area contributed by atoms with Crippen LogP contribution in [0.15, 0.2) is 36.5 Å². The number of amides is 1. The lowest BCUT2D eigenvalue weighted by Crippen LogP contribution is -2.13. The second-order valence-electron chi connectivity index (χ2n) is 4.06. The standard InChI is InChI=1S/C14H12N4O/c1-9-2-4-11(8-17-9)14(19)18-13-5-3-10(7-15)6-12(13)16/h2-6,8H,16H2,1H3,(H,18,19). The summed E-state index contributed by atoms with van der Waals surface area (Å²) in [6.07, 6.45) is 1.50. The van der Waals surface area contributed by atoms with Gasteiger partial charge in [-0.1, -0.05) is 0 Å². The van der Waals surface area contributed by atoms with Crippen molar-refractivity contribution in [3.63, 3.8) is 0 Å². The van der Waals surface area contributed by atoms with Crippen LogP contribution in [0.25, 0.3) is 0 Å². The van der Waals surface area contributed by atoms with Crippen LogP contribution in [0, 0.1) is 18.3 Å². The van der Waals surface area contributed by atoms with Gasteiger partial charge in [-0.05, 0) is 37.3 Å². The van der Waals surface area contributed by atoms with E-state index in [1.54, 1.807) is 24.3 Å². The first-order valence-electron chi connectivity index (χ1n) is 5.64. The van der Waals surface area contributed by atoms with Gasteiger partial charge in [0.2, 0.25) is 0 Å². The largest absolute Gasteiger partial charge is 0.397 e. The minimum Gasteiger partial charge on any atom is -0.397 e. The van der Waals surface area contributed by atoms with Gasteiger partial charge in [0.15, 0.2) is 0 Å². The van der Waals surface area contributed by atoms with Crippen molar-refractivity contribution in [3.05, 3.63) is 53.3 Å². The molecule has 1 aromatic carbocycles. The predicted octanol–water partition coefficient (Wildman–Crippen LogP) is 2.10. The van der Waals surface area contributed by atoms with E-state index in [1.165, 1.54) is 12.3 Å². The molecule has 0 atom stereocenters. The number of nitrogens with one attached hydrogen (secondary N) is 1. The molecule has 0 saturated carbocycles. The van der Waals surface area contributed by atoms with Gasteiger partial charge in [-0.25, -0.2) is 0 Å². The number of carbonyl (C=O) groups is 1. The van der Waals surface area contributed by atoms with Crippen LogP contribution < -0.4 is 11.1 Å². The maximum absolute atomic E-state index is 12.0. The average molecular weight is 252 g/mol. The molecule has 19 heavy (non-hydrogen) atoms. The van der Waals surface area contributed by atoms with Gasteiger partial charge in [0.1, 0.15) is 0 Å². The summed E-state index contributed by atoms with van der Waals surface area (Å²) in [5.74, 6) is -0.288. The Labute approximate surface area is 110 Å². The van der Waals surface area contributed by atoms with Crippen molar-refractivity contribution in [2.24, 2.45) is 0 Å². The molecule has 94 valence electrons. The quantitative estimate of drug-likeness (QED) is 0.800. The summed E-state index contributed by atoms with van der Waals surface area (Å²) >= 11 is 0. The Balaban J connectivity index is 2.20. The molecule has 0 aliphatic rings. The first kappa shape index (κ1) is 12.6. The third-order valence-corrected chi connectivity index (χ3v) is 2.60. The van der Waals surface area contributed by atoms with Crippen molar-refractivity contribution in [3.8, 4) is 6.07 Å². The minimum atomic E-state index is -0.288. The Kier molecular flexibility index (Phi) is 3.44. The molecule has 0 radical (unpaired) electrons. The lowest BCUT2D eigenvalue weighted by Gasteiger charge is -2.08. The fourth-order valence-corrected chi connectivity index (χ4v) is 1.54. The van der Waals surface area contributed by atoms with Crippen molar-refractivity contribution >= 4 is 17.3 Å². The number of benzene rings is 1. The highest BCUT2D eigenvalue weighted by molar-refractivity contribution is 6.05. The second kappa shape index (κ2) is 5.19. The molecule has 0 aliphatic heterocycles. The number of nitrogens with two attached hydrogens (primary N) is 1. The van der Waals surface area contributed by atoms with Crippen molar-refractivity contribution in [2.45, 2.75) is 6.92 Å². The fraction of sp³-hybridized carbons (Fsp3) is 0.0714. The summed E-state index contributed by atoms with van der Waals surface area (Å²) in [6, 6.07) is 10.2. The van der Waals surface area contributed by atoms with E-state index in [-0.39, 0.29) is 5.91 Å². The SMILES string of the molecule is Cc1ccc(C(=O)Nc2ccc(C#N)cc2N)cn1. The molecule has 5 heteroatoms. The number of rotatable bonds is 2. The number of aromatic nitrogens is 1. The molecule has 1 heterocycles. The molecule has 1 aromatic heterocycles. The molecule has 0 spiro atoms. The second-order valence-corrected chi connectivity index (χ2v) is 4.06. The number of pyridine rings is 1. The minimum absolute atomic E-state index is 0.288. The number of anilines is 2. The Morgan fingerprint density at radius 3 is 2.74 bits per heavy atom. The molecule has 1 amide bonds. The topological polar surface area (TPSA) is 91.8 Å². The average Bonchev–Trinajstić information content (AvgIpc) is 2.41. The van der Waals surface area contributed by atoms with E-state index in [0.29, 0.717) is 22.5 Å². The predicted molar refractivity (Wildman–Crippen MR) is 72.5 cm³/mol. The third-order valence-electron chi connectivity index (χ3n) is 2.60. The Morgan fingerprint density at radius 1 is 1.37 bits per heavy atom. The van der Waals surface area contributed by atoms with E-state index in [1.807, 2.05) is 13.0 Å². The maximum Gasteiger partial charge on any atom is 0.257 e. The molecule has 0 aliphatic carbocycles. The number of nitrogen functional groups attached to an aromatic ring is 1. The third kappa shape index (κ3) is 2.87. The lowest BCUT2D eigenvalue weighted by molar-refractivity contribution is 0.102. The van der Waals surface area contributed by atoms with E-state index in [2.05, 4.69) is 10.3 Å². The highest BCUT2D eigenvalue weighted by Crippen LogP contribution is 2.20. The number of nitrogens with zero attached hydrogens (tertiary/aromatic N) is 2. The highest BCUT2D eigenvalue weighted by atomic mass is 16.1. The molecule has 2 rings (SSSR count). The van der Waals surface area contributed by atoms with Crippen LogP contribution in [-0.2, 0) is 0 Å². The van der Waals surface area contributed by atoms with Gasteiger partial charge in [-0.3, -0.25) is 9.78 Å². The number of aryl methyl sites for hydroxylation is 1. The van der Waals surface area contributed by atoms with Gasteiger partial charge in [-0.2, -0.15) is 5.26 Å². The molecule has 2 aromatic rings. The number of carbonyl (C=O) groups excluding carboxylic acids is 1. The summed E-state index contributed by atoms with van der Waals surface area (Å²) in [5.41, 5.74) is 8.34. The molecule has 0 fully saturated rings. The zero-order valence-electron chi connectivity index (χ0n) is 10.3. The van der Waals surface area contributed by atoms with Crippen LogP contribution in [0.4, 0.5) is 11.4 Å². The summed E-state index contributed by atoms with van der Waals surface area (Å²) in [7, 11) is 0. The van der Waals surface area contributed by atoms with Gasteiger partial charge >= 0.3 is 0 Å². The van der Waals surface area contributed by atoms with Crippen LogP contribution in [-0.4, -0.2) is 10.9 Å². The normalized spacial score (nSPS) is 9.68. The van der Waals surface area contributed by atoms with Crippen molar-refractivity contribution in [1.29, 1.82) is 5.26 Å². The van der Waals surface area contributed by atoms with Crippen molar-refractivity contribution in [2.75, 3.05) is 11.1 Å². The molecular weight excluding hydrogens is 240 g/mol. The molecule has 3 N–H and O–H groups in total. The van der Waals surface area contributed by atoms with E-state index in [9.17, 15) is 4.79 Å². The highest BCUT2D eigenvalue weighted by Gasteiger charge is 2.08. The smallest absolute Gasteiger partial charge is 0.257 e. The summed E-state index contributed by atoms with van der Waals surface area (Å²) < 4.78 is 0. The van der Waals surface area contributed by atoms with Crippen LogP contribution in [0.3, 0.4) is 0 Å². The Bertz CT molecular complexity index is 656. The van der Waals surface area contributed by atoms with Gasteiger partial charge in [0.05, 0.1) is 28.6 Å². The summed E-state index contributed by atoms with van der Waals surface area (Å²) in [6.45, 7) is 1.85. The zero-order valence-corrected chi connectivity index (χ0v) is 10.3. The van der Waals surface area contributed by atoms with Crippen molar-refractivity contribution in [1.82, 2.24) is 4.98 Å².